The molecule has 2 atom stereocenters. The Hall–Kier alpha value is -0.0400. The SMILES string of the molecule is CC[C@@H](N[S+]([O-])C(C)(C)C)c1cc(Br)no1. The molecule has 1 unspecified atom stereocenters. The van der Waals surface area contributed by atoms with Crippen LogP contribution in [-0.2, 0) is 11.4 Å². The van der Waals surface area contributed by atoms with E-state index in [1.54, 1.807) is 6.07 Å². The van der Waals surface area contributed by atoms with Crippen molar-refractivity contribution in [2.24, 2.45) is 0 Å². The van der Waals surface area contributed by atoms with E-state index in [2.05, 4.69) is 25.8 Å². The molecule has 0 amide bonds. The van der Waals surface area contributed by atoms with Crippen molar-refractivity contribution in [3.63, 3.8) is 0 Å². The van der Waals surface area contributed by atoms with Crippen LogP contribution in [0.4, 0.5) is 0 Å². The first kappa shape index (κ1) is 14.0. The van der Waals surface area contributed by atoms with Crippen LogP contribution in [-0.4, -0.2) is 14.5 Å². The lowest BCUT2D eigenvalue weighted by molar-refractivity contribution is 0.346. The second-order valence-corrected chi connectivity index (χ2v) is 7.32. The molecule has 1 heterocycles. The fraction of sp³-hybridized carbons (Fsp3) is 0.700. The normalized spacial score (nSPS) is 16.1. The van der Waals surface area contributed by atoms with E-state index in [4.69, 9.17) is 4.52 Å². The molecule has 4 nitrogen and oxygen atoms in total. The summed E-state index contributed by atoms with van der Waals surface area (Å²) in [5.74, 6) is 0.701. The molecule has 6 heteroatoms. The van der Waals surface area contributed by atoms with Crippen LogP contribution in [0, 0.1) is 0 Å². The average molecular weight is 309 g/mol. The van der Waals surface area contributed by atoms with Crippen LogP contribution in [0.5, 0.6) is 0 Å². The highest BCUT2D eigenvalue weighted by molar-refractivity contribution is 9.10. The summed E-state index contributed by atoms with van der Waals surface area (Å²) < 4.78 is 20.5. The highest BCUT2D eigenvalue weighted by Crippen LogP contribution is 2.24. The smallest absolute Gasteiger partial charge is 0.159 e. The largest absolute Gasteiger partial charge is 0.598 e. The minimum absolute atomic E-state index is 0.0705. The maximum Gasteiger partial charge on any atom is 0.159 e. The summed E-state index contributed by atoms with van der Waals surface area (Å²) in [6.07, 6.45) is 0.795. The number of halogens is 1. The molecule has 0 spiro atoms. The molecule has 1 aromatic rings. The van der Waals surface area contributed by atoms with Crippen LogP contribution in [0.25, 0.3) is 0 Å². The molecule has 0 saturated heterocycles. The van der Waals surface area contributed by atoms with Crippen molar-refractivity contribution in [3.8, 4) is 0 Å². The highest BCUT2D eigenvalue weighted by Gasteiger charge is 2.30. The fourth-order valence-corrected chi connectivity index (χ4v) is 2.27. The minimum atomic E-state index is -1.11. The van der Waals surface area contributed by atoms with Gasteiger partial charge in [0.25, 0.3) is 0 Å². The molecule has 1 aromatic heterocycles. The molecule has 0 bridgehead atoms. The molecule has 92 valence electrons. The first-order valence-electron chi connectivity index (χ1n) is 5.14. The van der Waals surface area contributed by atoms with E-state index in [0.717, 1.165) is 6.42 Å². The second-order valence-electron chi connectivity index (χ2n) is 4.51. The van der Waals surface area contributed by atoms with Crippen molar-refractivity contribution in [2.45, 2.75) is 44.9 Å². The number of aromatic nitrogens is 1. The minimum Gasteiger partial charge on any atom is -0.598 e. The summed E-state index contributed by atoms with van der Waals surface area (Å²) in [6, 6.07) is 1.72. The summed E-state index contributed by atoms with van der Waals surface area (Å²) in [5, 5.41) is 3.76. The zero-order chi connectivity index (χ0) is 12.3. The highest BCUT2D eigenvalue weighted by atomic mass is 79.9. The van der Waals surface area contributed by atoms with Gasteiger partial charge in [-0.15, -0.1) is 4.72 Å². The van der Waals surface area contributed by atoms with Gasteiger partial charge in [0, 0.05) is 17.4 Å². The van der Waals surface area contributed by atoms with Gasteiger partial charge in [0.1, 0.15) is 15.4 Å². The molecule has 0 aliphatic carbocycles. The van der Waals surface area contributed by atoms with Gasteiger partial charge in [-0.2, -0.15) is 0 Å². The number of nitrogens with one attached hydrogen (secondary N) is 1. The predicted molar refractivity (Wildman–Crippen MR) is 68.3 cm³/mol. The average Bonchev–Trinajstić information content (AvgIpc) is 2.59. The summed E-state index contributed by atoms with van der Waals surface area (Å²) in [5.41, 5.74) is 0. The summed E-state index contributed by atoms with van der Waals surface area (Å²) in [4.78, 5) is 0. The Labute approximate surface area is 108 Å². The first-order chi connectivity index (χ1) is 7.34. The third-order valence-corrected chi connectivity index (χ3v) is 4.04. The summed E-state index contributed by atoms with van der Waals surface area (Å²) in [7, 11) is 0. The zero-order valence-corrected chi connectivity index (χ0v) is 12.3. The molecule has 1 rings (SSSR count). The maximum absolute atomic E-state index is 11.9. The lowest BCUT2D eigenvalue weighted by Crippen LogP contribution is -2.41. The Morgan fingerprint density at radius 3 is 2.62 bits per heavy atom. The number of rotatable bonds is 4. The van der Waals surface area contributed by atoms with Crippen LogP contribution in [0.2, 0.25) is 0 Å². The topological polar surface area (TPSA) is 61.1 Å². The van der Waals surface area contributed by atoms with E-state index in [1.165, 1.54) is 0 Å². The monoisotopic (exact) mass is 308 g/mol. The Bertz CT molecular complexity index is 338. The predicted octanol–water partition coefficient (Wildman–Crippen LogP) is 2.94. The van der Waals surface area contributed by atoms with Crippen molar-refractivity contribution in [1.29, 1.82) is 0 Å². The van der Waals surface area contributed by atoms with Gasteiger partial charge in [0.05, 0.1) is 0 Å². The number of nitrogens with zero attached hydrogens (tertiary/aromatic N) is 1. The van der Waals surface area contributed by atoms with Gasteiger partial charge >= 0.3 is 0 Å². The van der Waals surface area contributed by atoms with Gasteiger partial charge < -0.3 is 9.08 Å². The van der Waals surface area contributed by atoms with Gasteiger partial charge in [0.2, 0.25) is 0 Å². The zero-order valence-electron chi connectivity index (χ0n) is 9.91. The van der Waals surface area contributed by atoms with Crippen molar-refractivity contribution in [2.75, 3.05) is 0 Å². The second kappa shape index (κ2) is 5.53. The standard InChI is InChI=1S/C10H17BrN2O2S/c1-5-7(8-6-9(11)12-15-8)13-16(14)10(2,3)4/h6-7,13H,5H2,1-4H3/t7-,16?/m1/s1. The fourth-order valence-electron chi connectivity index (χ4n) is 1.08. The van der Waals surface area contributed by atoms with Gasteiger partial charge in [-0.3, -0.25) is 0 Å². The lowest BCUT2D eigenvalue weighted by atomic mass is 10.2. The lowest BCUT2D eigenvalue weighted by Gasteiger charge is -2.26. The molecule has 0 aromatic carbocycles. The number of hydrogen-bond donors (Lipinski definition) is 1. The Kier molecular flexibility index (Phi) is 4.85. The molecule has 0 fully saturated rings. The number of hydrogen-bond acceptors (Lipinski definition) is 4. The van der Waals surface area contributed by atoms with E-state index in [0.29, 0.717) is 10.4 Å². The van der Waals surface area contributed by atoms with Crippen LogP contribution < -0.4 is 4.72 Å². The van der Waals surface area contributed by atoms with E-state index >= 15 is 0 Å². The van der Waals surface area contributed by atoms with Crippen molar-refractivity contribution in [1.82, 2.24) is 9.88 Å². The van der Waals surface area contributed by atoms with Crippen molar-refractivity contribution < 1.29 is 9.08 Å². The van der Waals surface area contributed by atoms with Crippen LogP contribution >= 0.6 is 15.9 Å². The molecule has 0 radical (unpaired) electrons. The van der Waals surface area contributed by atoms with Crippen LogP contribution in [0.3, 0.4) is 0 Å². The van der Waals surface area contributed by atoms with E-state index in [1.807, 2.05) is 27.7 Å². The van der Waals surface area contributed by atoms with Gasteiger partial charge in [0.15, 0.2) is 5.76 Å². The van der Waals surface area contributed by atoms with Crippen LogP contribution in [0.1, 0.15) is 45.9 Å². The van der Waals surface area contributed by atoms with Gasteiger partial charge in [-0.25, -0.2) is 0 Å². The molecule has 0 saturated carbocycles. The molecule has 0 aliphatic rings. The maximum atomic E-state index is 11.9. The summed E-state index contributed by atoms with van der Waals surface area (Å²) in [6.45, 7) is 7.80. The quantitative estimate of drug-likeness (QED) is 0.869. The van der Waals surface area contributed by atoms with Crippen molar-refractivity contribution >= 4 is 27.3 Å². The third kappa shape index (κ3) is 3.76. The van der Waals surface area contributed by atoms with E-state index in [-0.39, 0.29) is 10.8 Å². The molecule has 0 aliphatic heterocycles. The molecule has 1 N–H and O–H groups in total. The molecular weight excluding hydrogens is 292 g/mol. The van der Waals surface area contributed by atoms with E-state index < -0.39 is 11.4 Å². The van der Waals surface area contributed by atoms with E-state index in [9.17, 15) is 4.55 Å². The Balaban J connectivity index is 2.70. The Morgan fingerprint density at radius 2 is 2.25 bits per heavy atom. The summed E-state index contributed by atoms with van der Waals surface area (Å²) >= 11 is 2.12. The Morgan fingerprint density at radius 1 is 1.62 bits per heavy atom. The third-order valence-electron chi connectivity index (χ3n) is 2.06. The van der Waals surface area contributed by atoms with Crippen molar-refractivity contribution in [3.05, 3.63) is 16.4 Å². The van der Waals surface area contributed by atoms with Gasteiger partial charge in [-0.05, 0) is 43.1 Å². The molecule has 16 heavy (non-hydrogen) atoms. The van der Waals surface area contributed by atoms with Crippen LogP contribution in [0.15, 0.2) is 15.2 Å². The van der Waals surface area contributed by atoms with Gasteiger partial charge in [-0.1, -0.05) is 12.1 Å². The first-order valence-corrected chi connectivity index (χ1v) is 7.09. The molecular formula is C10H17BrN2O2S.